The van der Waals surface area contributed by atoms with Gasteiger partial charge in [-0.25, -0.2) is 0 Å². The van der Waals surface area contributed by atoms with Gasteiger partial charge in [-0.1, -0.05) is 26.0 Å². The molecule has 20 heavy (non-hydrogen) atoms. The molecule has 2 rings (SSSR count). The first-order valence-corrected chi connectivity index (χ1v) is 6.64. The van der Waals surface area contributed by atoms with Crippen LogP contribution >= 0.6 is 12.2 Å². The van der Waals surface area contributed by atoms with Gasteiger partial charge in [0.25, 0.3) is 0 Å². The number of alkyl halides is 3. The van der Waals surface area contributed by atoms with E-state index in [9.17, 15) is 13.2 Å². The Morgan fingerprint density at radius 1 is 1.30 bits per heavy atom. The van der Waals surface area contributed by atoms with Gasteiger partial charge in [0.15, 0.2) is 4.77 Å². The SMILES string of the molecule is CC(C)c1c[nH]c(=S)n1Cc1cccc(C(F)(F)F)c1. The van der Waals surface area contributed by atoms with Crippen molar-refractivity contribution in [1.82, 2.24) is 9.55 Å². The number of imidazole rings is 1. The molecule has 0 bridgehead atoms. The number of nitrogens with one attached hydrogen (secondary N) is 1. The van der Waals surface area contributed by atoms with Crippen LogP contribution in [0, 0.1) is 4.77 Å². The van der Waals surface area contributed by atoms with Crippen LogP contribution in [0.15, 0.2) is 30.5 Å². The minimum absolute atomic E-state index is 0.244. The Kier molecular flexibility index (Phi) is 4.04. The zero-order valence-electron chi connectivity index (χ0n) is 11.2. The van der Waals surface area contributed by atoms with Crippen molar-refractivity contribution in [1.29, 1.82) is 0 Å². The molecule has 6 heteroatoms. The largest absolute Gasteiger partial charge is 0.416 e. The zero-order chi connectivity index (χ0) is 14.9. The predicted octanol–water partition coefficient (Wildman–Crippen LogP) is 4.74. The van der Waals surface area contributed by atoms with Gasteiger partial charge in [-0.05, 0) is 35.8 Å². The third-order valence-corrected chi connectivity index (χ3v) is 3.43. The Bertz CT molecular complexity index is 653. The van der Waals surface area contributed by atoms with Crippen LogP contribution in [0.25, 0.3) is 0 Å². The maximum atomic E-state index is 12.7. The van der Waals surface area contributed by atoms with Gasteiger partial charge in [0.1, 0.15) is 0 Å². The van der Waals surface area contributed by atoms with E-state index in [-0.39, 0.29) is 5.92 Å². The van der Waals surface area contributed by atoms with Gasteiger partial charge in [-0.15, -0.1) is 0 Å². The molecule has 1 heterocycles. The Balaban J connectivity index is 2.36. The van der Waals surface area contributed by atoms with Crippen LogP contribution in [0.2, 0.25) is 0 Å². The van der Waals surface area contributed by atoms with Crippen molar-refractivity contribution >= 4 is 12.2 Å². The lowest BCUT2D eigenvalue weighted by molar-refractivity contribution is -0.137. The average Bonchev–Trinajstić information content (AvgIpc) is 2.70. The number of aromatic nitrogens is 2. The third-order valence-electron chi connectivity index (χ3n) is 3.09. The fraction of sp³-hybridized carbons (Fsp3) is 0.357. The van der Waals surface area contributed by atoms with Crippen molar-refractivity contribution in [2.24, 2.45) is 0 Å². The van der Waals surface area contributed by atoms with Gasteiger partial charge in [0, 0.05) is 11.9 Å². The molecule has 0 aliphatic rings. The number of rotatable bonds is 3. The fourth-order valence-electron chi connectivity index (χ4n) is 2.08. The molecule has 0 fully saturated rings. The lowest BCUT2D eigenvalue weighted by Crippen LogP contribution is -2.09. The highest BCUT2D eigenvalue weighted by atomic mass is 32.1. The van der Waals surface area contributed by atoms with Gasteiger partial charge in [0.2, 0.25) is 0 Å². The van der Waals surface area contributed by atoms with E-state index in [1.807, 2.05) is 18.4 Å². The summed E-state index contributed by atoms with van der Waals surface area (Å²) in [6, 6.07) is 5.33. The van der Waals surface area contributed by atoms with E-state index in [2.05, 4.69) is 4.98 Å². The molecule has 1 aromatic carbocycles. The molecule has 0 spiro atoms. The topological polar surface area (TPSA) is 20.7 Å². The number of hydrogen-bond donors (Lipinski definition) is 1. The minimum atomic E-state index is -4.32. The van der Waals surface area contributed by atoms with Crippen LogP contribution < -0.4 is 0 Å². The Hall–Kier alpha value is -1.56. The maximum absolute atomic E-state index is 12.7. The standard InChI is InChI=1S/C14H15F3N2S/c1-9(2)12-7-18-13(20)19(12)8-10-4-3-5-11(6-10)14(15,16)17/h3-7,9H,8H2,1-2H3,(H,18,20). The van der Waals surface area contributed by atoms with Crippen molar-refractivity contribution in [3.8, 4) is 0 Å². The number of halogens is 3. The summed E-state index contributed by atoms with van der Waals surface area (Å²) in [7, 11) is 0. The van der Waals surface area contributed by atoms with E-state index in [0.717, 1.165) is 11.8 Å². The number of nitrogens with zero attached hydrogens (tertiary/aromatic N) is 1. The van der Waals surface area contributed by atoms with Crippen LogP contribution in [0.4, 0.5) is 13.2 Å². The molecule has 0 saturated heterocycles. The molecule has 0 atom stereocenters. The van der Waals surface area contributed by atoms with Gasteiger partial charge in [-0.3, -0.25) is 0 Å². The minimum Gasteiger partial charge on any atom is -0.337 e. The average molecular weight is 300 g/mol. The molecule has 0 amide bonds. The molecular formula is C14H15F3N2S. The highest BCUT2D eigenvalue weighted by molar-refractivity contribution is 7.71. The van der Waals surface area contributed by atoms with Crippen molar-refractivity contribution in [2.75, 3.05) is 0 Å². The normalized spacial score (nSPS) is 12.1. The summed E-state index contributed by atoms with van der Waals surface area (Å²) < 4.78 is 40.4. The van der Waals surface area contributed by atoms with E-state index < -0.39 is 11.7 Å². The summed E-state index contributed by atoms with van der Waals surface area (Å²) in [5.74, 6) is 0.244. The van der Waals surface area contributed by atoms with Crippen LogP contribution in [0.1, 0.15) is 36.6 Å². The summed E-state index contributed by atoms with van der Waals surface area (Å²) in [6.07, 6.45) is -2.52. The van der Waals surface area contributed by atoms with E-state index in [1.165, 1.54) is 12.1 Å². The number of H-pyrrole nitrogens is 1. The van der Waals surface area contributed by atoms with E-state index in [1.54, 1.807) is 12.3 Å². The summed E-state index contributed by atoms with van der Waals surface area (Å²) in [6.45, 7) is 4.36. The predicted molar refractivity (Wildman–Crippen MR) is 74.3 cm³/mol. The smallest absolute Gasteiger partial charge is 0.337 e. The number of benzene rings is 1. The first-order valence-electron chi connectivity index (χ1n) is 6.23. The van der Waals surface area contributed by atoms with Gasteiger partial charge in [0.05, 0.1) is 12.1 Å². The second kappa shape index (κ2) is 5.44. The second-order valence-corrected chi connectivity index (χ2v) is 5.34. The van der Waals surface area contributed by atoms with Crippen molar-refractivity contribution in [3.63, 3.8) is 0 Å². The number of hydrogen-bond acceptors (Lipinski definition) is 1. The molecule has 108 valence electrons. The van der Waals surface area contributed by atoms with Crippen LogP contribution in [0.5, 0.6) is 0 Å². The molecule has 0 radical (unpaired) electrons. The molecule has 0 aliphatic carbocycles. The van der Waals surface area contributed by atoms with Crippen molar-refractivity contribution in [3.05, 3.63) is 52.1 Å². The summed E-state index contributed by atoms with van der Waals surface area (Å²) in [4.78, 5) is 2.94. The lowest BCUT2D eigenvalue weighted by Gasteiger charge is -2.13. The molecule has 0 unspecified atom stereocenters. The zero-order valence-corrected chi connectivity index (χ0v) is 12.0. The van der Waals surface area contributed by atoms with Crippen molar-refractivity contribution < 1.29 is 13.2 Å². The van der Waals surface area contributed by atoms with E-state index in [0.29, 0.717) is 16.9 Å². The first kappa shape index (κ1) is 14.8. The third kappa shape index (κ3) is 3.12. The maximum Gasteiger partial charge on any atom is 0.416 e. The monoisotopic (exact) mass is 300 g/mol. The molecule has 0 saturated carbocycles. The van der Waals surface area contributed by atoms with Crippen LogP contribution in [0.3, 0.4) is 0 Å². The molecule has 1 N–H and O–H groups in total. The Labute approximate surface area is 120 Å². The molecule has 2 aromatic rings. The fourth-order valence-corrected chi connectivity index (χ4v) is 2.31. The van der Waals surface area contributed by atoms with E-state index >= 15 is 0 Å². The van der Waals surface area contributed by atoms with E-state index in [4.69, 9.17) is 12.2 Å². The van der Waals surface area contributed by atoms with Crippen LogP contribution in [-0.4, -0.2) is 9.55 Å². The highest BCUT2D eigenvalue weighted by Crippen LogP contribution is 2.29. The Morgan fingerprint density at radius 3 is 2.60 bits per heavy atom. The first-order chi connectivity index (χ1) is 9.29. The molecule has 2 nitrogen and oxygen atoms in total. The van der Waals surface area contributed by atoms with Crippen LogP contribution in [-0.2, 0) is 12.7 Å². The summed E-state index contributed by atoms with van der Waals surface area (Å²) in [5.41, 5.74) is 0.924. The molecule has 1 aromatic heterocycles. The van der Waals surface area contributed by atoms with Crippen molar-refractivity contribution in [2.45, 2.75) is 32.5 Å². The second-order valence-electron chi connectivity index (χ2n) is 4.96. The van der Waals surface area contributed by atoms with Gasteiger partial charge >= 0.3 is 6.18 Å². The molecular weight excluding hydrogens is 285 g/mol. The summed E-state index contributed by atoms with van der Waals surface area (Å²) >= 11 is 5.18. The molecule has 0 aliphatic heterocycles. The lowest BCUT2D eigenvalue weighted by atomic mass is 10.1. The highest BCUT2D eigenvalue weighted by Gasteiger charge is 2.30. The quantitative estimate of drug-likeness (QED) is 0.812. The Morgan fingerprint density at radius 2 is 2.00 bits per heavy atom. The van der Waals surface area contributed by atoms with Gasteiger partial charge in [-0.2, -0.15) is 13.2 Å². The van der Waals surface area contributed by atoms with Gasteiger partial charge < -0.3 is 9.55 Å². The number of aromatic amines is 1. The summed E-state index contributed by atoms with van der Waals surface area (Å²) in [5, 5.41) is 0.